The van der Waals surface area contributed by atoms with Gasteiger partial charge in [-0.05, 0) is 19.1 Å². The highest BCUT2D eigenvalue weighted by atomic mass is 19.4. The van der Waals surface area contributed by atoms with Crippen LogP contribution in [0.2, 0.25) is 0 Å². The maximum Gasteiger partial charge on any atom is 0.405 e. The first-order chi connectivity index (χ1) is 10.6. The molecule has 0 aliphatic rings. The number of benzene rings is 1. The topological polar surface area (TPSA) is 59.6 Å². The molecule has 23 heavy (non-hydrogen) atoms. The number of amides is 1. The van der Waals surface area contributed by atoms with Crippen LogP contribution in [-0.2, 0) is 4.79 Å². The number of hydrogen-bond donors (Lipinski definition) is 2. The summed E-state index contributed by atoms with van der Waals surface area (Å²) in [7, 11) is 1.26. The van der Waals surface area contributed by atoms with Crippen molar-refractivity contribution in [3.63, 3.8) is 0 Å². The zero-order valence-electron chi connectivity index (χ0n) is 12.2. The van der Waals surface area contributed by atoms with E-state index in [4.69, 9.17) is 4.74 Å². The molecule has 0 fully saturated rings. The number of rotatable bonds is 7. The van der Waals surface area contributed by atoms with Gasteiger partial charge >= 0.3 is 12.8 Å². The summed E-state index contributed by atoms with van der Waals surface area (Å²) in [5.41, 5.74) is 0.205. The fraction of sp³-hybridized carbons (Fsp3) is 0.462. The molecule has 0 bridgehead atoms. The lowest BCUT2D eigenvalue weighted by molar-refractivity contribution is -0.138. The Balaban J connectivity index is 2.74. The van der Waals surface area contributed by atoms with Crippen molar-refractivity contribution in [2.75, 3.05) is 19.0 Å². The van der Waals surface area contributed by atoms with E-state index in [-0.39, 0.29) is 17.2 Å². The molecule has 10 heteroatoms. The molecular formula is C13H15F5N2O3. The van der Waals surface area contributed by atoms with Crippen LogP contribution >= 0.6 is 0 Å². The van der Waals surface area contributed by atoms with Gasteiger partial charge in [-0.25, -0.2) is 0 Å². The van der Waals surface area contributed by atoms with Gasteiger partial charge in [0, 0.05) is 11.8 Å². The molecule has 0 radical (unpaired) electrons. The molecule has 0 saturated carbocycles. The highest BCUT2D eigenvalue weighted by Gasteiger charge is 2.28. The molecule has 1 unspecified atom stereocenters. The molecule has 1 rings (SSSR count). The average Bonchev–Trinajstić information content (AvgIpc) is 2.43. The van der Waals surface area contributed by atoms with Crippen LogP contribution in [0.4, 0.5) is 27.6 Å². The lowest BCUT2D eigenvalue weighted by atomic mass is 10.2. The molecule has 1 amide bonds. The second kappa shape index (κ2) is 7.84. The van der Waals surface area contributed by atoms with Crippen molar-refractivity contribution in [3.8, 4) is 11.5 Å². The minimum atomic E-state index is -4.52. The van der Waals surface area contributed by atoms with Crippen molar-refractivity contribution in [2.45, 2.75) is 25.8 Å². The van der Waals surface area contributed by atoms with Gasteiger partial charge in [-0.15, -0.1) is 0 Å². The fourth-order valence-corrected chi connectivity index (χ4v) is 1.61. The zero-order chi connectivity index (χ0) is 17.6. The average molecular weight is 342 g/mol. The summed E-state index contributed by atoms with van der Waals surface area (Å²) in [5, 5.41) is 4.29. The first-order valence-electron chi connectivity index (χ1n) is 6.36. The van der Waals surface area contributed by atoms with Crippen LogP contribution in [0.1, 0.15) is 6.92 Å². The normalized spacial score (nSPS) is 12.7. The Labute approximate surface area is 128 Å². The van der Waals surface area contributed by atoms with Gasteiger partial charge in [0.2, 0.25) is 5.91 Å². The summed E-state index contributed by atoms with van der Waals surface area (Å²) >= 11 is 0. The number of alkyl halides is 5. The predicted molar refractivity (Wildman–Crippen MR) is 71.8 cm³/mol. The zero-order valence-corrected chi connectivity index (χ0v) is 12.2. The summed E-state index contributed by atoms with van der Waals surface area (Å²) in [6.07, 6.45) is -4.52. The monoisotopic (exact) mass is 342 g/mol. The molecule has 1 aromatic carbocycles. The van der Waals surface area contributed by atoms with Crippen molar-refractivity contribution in [2.24, 2.45) is 0 Å². The van der Waals surface area contributed by atoms with Crippen molar-refractivity contribution in [3.05, 3.63) is 18.2 Å². The number of methoxy groups -OCH3 is 1. The molecule has 0 spiro atoms. The summed E-state index contributed by atoms with van der Waals surface area (Å²) in [4.78, 5) is 11.5. The van der Waals surface area contributed by atoms with Gasteiger partial charge in [0.15, 0.2) is 11.5 Å². The van der Waals surface area contributed by atoms with Gasteiger partial charge in [-0.2, -0.15) is 22.0 Å². The Kier molecular flexibility index (Phi) is 6.40. The molecule has 0 heterocycles. The van der Waals surface area contributed by atoms with E-state index in [2.05, 4.69) is 10.1 Å². The number of carbonyl (C=O) groups excluding carboxylic acids is 1. The molecule has 0 aliphatic carbocycles. The Morgan fingerprint density at radius 1 is 1.26 bits per heavy atom. The van der Waals surface area contributed by atoms with Gasteiger partial charge in [0.25, 0.3) is 0 Å². The van der Waals surface area contributed by atoms with E-state index in [0.29, 0.717) is 0 Å². The number of anilines is 1. The maximum absolute atomic E-state index is 12.3. The molecular weight excluding hydrogens is 327 g/mol. The molecule has 0 aromatic heterocycles. The van der Waals surface area contributed by atoms with Crippen LogP contribution in [0.15, 0.2) is 18.2 Å². The van der Waals surface area contributed by atoms with Crippen LogP contribution in [0.5, 0.6) is 11.5 Å². The van der Waals surface area contributed by atoms with Crippen LogP contribution in [0, 0.1) is 0 Å². The van der Waals surface area contributed by atoms with Crippen LogP contribution < -0.4 is 20.1 Å². The van der Waals surface area contributed by atoms with E-state index < -0.39 is 31.3 Å². The van der Waals surface area contributed by atoms with Crippen molar-refractivity contribution >= 4 is 11.6 Å². The second-order valence-electron chi connectivity index (χ2n) is 4.44. The van der Waals surface area contributed by atoms with E-state index >= 15 is 0 Å². The smallest absolute Gasteiger partial charge is 0.405 e. The van der Waals surface area contributed by atoms with Gasteiger partial charge in [-0.1, -0.05) is 0 Å². The fourth-order valence-electron chi connectivity index (χ4n) is 1.61. The van der Waals surface area contributed by atoms with Crippen molar-refractivity contribution < 1.29 is 36.2 Å². The number of hydrogen-bond acceptors (Lipinski definition) is 4. The standard InChI is InChI=1S/C13H15F5N2O3/c1-7(11(21)19-6-13(16,17)18)20-8-3-4-9(22-2)10(5-8)23-12(14)15/h3-5,7,12,20H,6H2,1-2H3,(H,19,21). The number of nitrogens with one attached hydrogen (secondary N) is 2. The van der Waals surface area contributed by atoms with E-state index in [1.807, 2.05) is 0 Å². The van der Waals surface area contributed by atoms with E-state index in [1.54, 1.807) is 5.32 Å². The Morgan fingerprint density at radius 3 is 2.43 bits per heavy atom. The third kappa shape index (κ3) is 6.57. The summed E-state index contributed by atoms with van der Waals surface area (Å²) in [5.74, 6) is -1.12. The quantitative estimate of drug-likeness (QED) is 0.748. The lowest BCUT2D eigenvalue weighted by Crippen LogP contribution is -2.42. The minimum absolute atomic E-state index is 0.0463. The Hall–Kier alpha value is -2.26. The van der Waals surface area contributed by atoms with Crippen LogP contribution in [0.3, 0.4) is 0 Å². The van der Waals surface area contributed by atoms with Crippen molar-refractivity contribution in [1.29, 1.82) is 0 Å². The van der Waals surface area contributed by atoms with Crippen LogP contribution in [-0.4, -0.2) is 38.4 Å². The Morgan fingerprint density at radius 2 is 1.91 bits per heavy atom. The SMILES string of the molecule is COc1ccc(NC(C)C(=O)NCC(F)(F)F)cc1OC(F)F. The largest absolute Gasteiger partial charge is 0.493 e. The van der Waals surface area contributed by atoms with Crippen LogP contribution in [0.25, 0.3) is 0 Å². The van der Waals surface area contributed by atoms with Gasteiger partial charge < -0.3 is 20.1 Å². The molecule has 0 aliphatic heterocycles. The summed E-state index contributed by atoms with van der Waals surface area (Å²) in [6, 6.07) is 2.86. The van der Waals surface area contributed by atoms with Crippen molar-refractivity contribution in [1.82, 2.24) is 5.32 Å². The summed E-state index contributed by atoms with van der Waals surface area (Å²) < 4.78 is 69.8. The van der Waals surface area contributed by atoms with Gasteiger partial charge in [0.1, 0.15) is 12.6 Å². The molecule has 5 nitrogen and oxygen atoms in total. The van der Waals surface area contributed by atoms with Gasteiger partial charge in [0.05, 0.1) is 7.11 Å². The first-order valence-corrected chi connectivity index (χ1v) is 6.36. The van der Waals surface area contributed by atoms with E-state index in [0.717, 1.165) is 6.07 Å². The highest BCUT2D eigenvalue weighted by molar-refractivity contribution is 5.84. The molecule has 0 saturated heterocycles. The number of halogens is 5. The third-order valence-corrected chi connectivity index (χ3v) is 2.62. The third-order valence-electron chi connectivity index (χ3n) is 2.62. The highest BCUT2D eigenvalue weighted by Crippen LogP contribution is 2.31. The first kappa shape index (κ1) is 18.8. The molecule has 2 N–H and O–H groups in total. The Bertz CT molecular complexity index is 537. The maximum atomic E-state index is 12.3. The second-order valence-corrected chi connectivity index (χ2v) is 4.44. The van der Waals surface area contributed by atoms with E-state index in [9.17, 15) is 26.7 Å². The minimum Gasteiger partial charge on any atom is -0.493 e. The molecule has 1 atom stereocenters. The number of carbonyl (C=O) groups is 1. The molecule has 130 valence electrons. The van der Waals surface area contributed by atoms with Gasteiger partial charge in [-0.3, -0.25) is 4.79 Å². The predicted octanol–water partition coefficient (Wildman–Crippen LogP) is 2.78. The summed E-state index contributed by atoms with van der Waals surface area (Å²) in [6.45, 7) is -3.21. The molecule has 1 aromatic rings. The van der Waals surface area contributed by atoms with E-state index in [1.165, 1.54) is 26.2 Å². The number of ether oxygens (including phenoxy) is 2. The lowest BCUT2D eigenvalue weighted by Gasteiger charge is -2.17.